The number of carbonyl (C=O) groups is 1. The lowest BCUT2D eigenvalue weighted by atomic mass is 9.70. The molecule has 4 heterocycles. The van der Waals surface area contributed by atoms with Crippen molar-refractivity contribution in [1.29, 1.82) is 0 Å². The molecule has 3 aliphatic heterocycles. The molecule has 0 saturated carbocycles. The molecule has 1 aromatic heterocycles. The smallest absolute Gasteiger partial charge is 0.240 e. The highest BCUT2D eigenvalue weighted by Crippen LogP contribution is 2.45. The molecule has 220 valence electrons. The molecule has 3 aliphatic rings. The summed E-state index contributed by atoms with van der Waals surface area (Å²) < 4.78 is 17.0. The van der Waals surface area contributed by atoms with Crippen molar-refractivity contribution < 1.29 is 9.18 Å². The zero-order chi connectivity index (χ0) is 28.9. The predicted molar refractivity (Wildman–Crippen MR) is 162 cm³/mol. The van der Waals surface area contributed by atoms with Gasteiger partial charge in [0.25, 0.3) is 0 Å². The Kier molecular flexibility index (Phi) is 7.48. The number of piperidine rings is 2. The summed E-state index contributed by atoms with van der Waals surface area (Å²) >= 11 is 0. The molecule has 0 radical (unpaired) electrons. The van der Waals surface area contributed by atoms with Gasteiger partial charge >= 0.3 is 0 Å². The van der Waals surface area contributed by atoms with Crippen LogP contribution in [-0.4, -0.2) is 63.0 Å². The van der Waals surface area contributed by atoms with Gasteiger partial charge in [-0.15, -0.1) is 0 Å². The summed E-state index contributed by atoms with van der Waals surface area (Å²) in [4.78, 5) is 22.8. The second-order valence-corrected chi connectivity index (χ2v) is 14.0. The van der Waals surface area contributed by atoms with Gasteiger partial charge in [-0.05, 0) is 99.1 Å². The first-order valence-corrected chi connectivity index (χ1v) is 15.6. The lowest BCUT2D eigenvalue weighted by molar-refractivity contribution is -0.136. The molecule has 2 N–H and O–H groups in total. The van der Waals surface area contributed by atoms with E-state index in [0.717, 1.165) is 55.6 Å². The number of aromatic nitrogens is 2. The van der Waals surface area contributed by atoms with Gasteiger partial charge in [-0.25, -0.2) is 9.37 Å². The second-order valence-electron chi connectivity index (χ2n) is 14.0. The van der Waals surface area contributed by atoms with Gasteiger partial charge < -0.3 is 15.2 Å². The Morgan fingerprint density at radius 1 is 1.05 bits per heavy atom. The Bertz CT molecular complexity index is 1390. The van der Waals surface area contributed by atoms with Crippen molar-refractivity contribution in [3.8, 4) is 0 Å². The van der Waals surface area contributed by atoms with E-state index in [1.54, 1.807) is 6.07 Å². The average Bonchev–Trinajstić information content (AvgIpc) is 3.41. The van der Waals surface area contributed by atoms with E-state index in [2.05, 4.69) is 46.7 Å². The first-order chi connectivity index (χ1) is 19.6. The summed E-state index contributed by atoms with van der Waals surface area (Å²) in [5, 5.41) is 0. The number of para-hydroxylation sites is 2. The lowest BCUT2D eigenvalue weighted by Crippen LogP contribution is -2.54. The van der Waals surface area contributed by atoms with Crippen LogP contribution >= 0.6 is 0 Å². The third-order valence-corrected chi connectivity index (χ3v) is 10.5. The highest BCUT2D eigenvalue weighted by Gasteiger charge is 2.45. The molecule has 2 unspecified atom stereocenters. The fraction of sp³-hybridized carbons (Fsp3) is 0.588. The van der Waals surface area contributed by atoms with Crippen LogP contribution in [0.4, 0.5) is 4.39 Å². The molecule has 0 aliphatic carbocycles. The van der Waals surface area contributed by atoms with Gasteiger partial charge in [-0.3, -0.25) is 9.69 Å². The molecular weight excluding hydrogens is 513 g/mol. The van der Waals surface area contributed by atoms with Gasteiger partial charge in [0.2, 0.25) is 5.91 Å². The minimum Gasteiger partial charge on any atom is -0.341 e. The number of fused-ring (bicyclic) bond motifs is 3. The van der Waals surface area contributed by atoms with E-state index in [-0.39, 0.29) is 22.6 Å². The van der Waals surface area contributed by atoms with Crippen molar-refractivity contribution in [2.24, 2.45) is 11.1 Å². The number of amides is 1. The number of carbonyl (C=O) groups excluding carboxylic acids is 1. The Morgan fingerprint density at radius 2 is 1.73 bits per heavy atom. The summed E-state index contributed by atoms with van der Waals surface area (Å²) in [6, 6.07) is 16.8. The zero-order valence-electron chi connectivity index (χ0n) is 25.2. The van der Waals surface area contributed by atoms with E-state index < -0.39 is 6.04 Å². The number of rotatable bonds is 6. The highest BCUT2D eigenvalue weighted by atomic mass is 19.1. The molecule has 4 atom stereocenters. The number of aryl methyl sites for hydroxylation is 1. The third kappa shape index (κ3) is 5.32. The summed E-state index contributed by atoms with van der Waals surface area (Å²) in [6.07, 6.45) is 7.44. The van der Waals surface area contributed by atoms with Crippen molar-refractivity contribution in [2.45, 2.75) is 102 Å². The molecule has 0 spiro atoms. The van der Waals surface area contributed by atoms with Crippen LogP contribution in [0, 0.1) is 18.2 Å². The van der Waals surface area contributed by atoms with Gasteiger partial charge in [0.1, 0.15) is 11.6 Å². The van der Waals surface area contributed by atoms with E-state index in [0.29, 0.717) is 31.2 Å². The Hall–Kier alpha value is -2.77. The zero-order valence-corrected chi connectivity index (χ0v) is 25.2. The van der Waals surface area contributed by atoms with Crippen LogP contribution in [0.1, 0.15) is 83.1 Å². The molecule has 7 heteroatoms. The maximum absolute atomic E-state index is 14.5. The molecule has 6 rings (SSSR count). The number of nitrogens with two attached hydrogens (primary N) is 1. The fourth-order valence-corrected chi connectivity index (χ4v) is 8.01. The van der Waals surface area contributed by atoms with Crippen molar-refractivity contribution in [2.75, 3.05) is 19.6 Å². The largest absolute Gasteiger partial charge is 0.341 e. The average molecular weight is 560 g/mol. The Morgan fingerprint density at radius 3 is 2.39 bits per heavy atom. The number of nitrogens with zero attached hydrogens (tertiary/aromatic N) is 4. The first-order valence-electron chi connectivity index (χ1n) is 15.6. The molecule has 2 aromatic carbocycles. The molecule has 3 fully saturated rings. The van der Waals surface area contributed by atoms with Crippen LogP contribution in [0.25, 0.3) is 11.0 Å². The maximum Gasteiger partial charge on any atom is 0.240 e. The minimum absolute atomic E-state index is 0.0350. The van der Waals surface area contributed by atoms with E-state index in [1.165, 1.54) is 24.4 Å². The van der Waals surface area contributed by atoms with Crippen LogP contribution in [0.5, 0.6) is 0 Å². The monoisotopic (exact) mass is 559 g/mol. The number of benzene rings is 2. The fourth-order valence-electron chi connectivity index (χ4n) is 8.01. The van der Waals surface area contributed by atoms with Crippen LogP contribution in [-0.2, 0) is 10.2 Å². The summed E-state index contributed by atoms with van der Waals surface area (Å²) in [5.74, 6) is 0.966. The molecule has 6 nitrogen and oxygen atoms in total. The van der Waals surface area contributed by atoms with Gasteiger partial charge in [0.05, 0.1) is 17.1 Å². The minimum atomic E-state index is -0.516. The van der Waals surface area contributed by atoms with Crippen molar-refractivity contribution in [3.05, 3.63) is 65.7 Å². The molecular formula is C34H46FN5O. The lowest BCUT2D eigenvalue weighted by Gasteiger charge is -2.46. The van der Waals surface area contributed by atoms with E-state index >= 15 is 0 Å². The number of likely N-dealkylation sites (tertiary alicyclic amines) is 1. The number of halogens is 1. The van der Waals surface area contributed by atoms with Crippen molar-refractivity contribution in [3.63, 3.8) is 0 Å². The number of imidazole rings is 1. The summed E-state index contributed by atoms with van der Waals surface area (Å²) in [7, 11) is 0. The van der Waals surface area contributed by atoms with E-state index in [1.807, 2.05) is 31.7 Å². The van der Waals surface area contributed by atoms with Gasteiger partial charge in [0.15, 0.2) is 0 Å². The van der Waals surface area contributed by atoms with Crippen LogP contribution in [0.2, 0.25) is 0 Å². The van der Waals surface area contributed by atoms with Gasteiger partial charge in [0, 0.05) is 31.2 Å². The van der Waals surface area contributed by atoms with Gasteiger partial charge in [-0.2, -0.15) is 0 Å². The SMILES string of the molecule is Cc1nc2ccccc2n1C1C[C@H]2CC[C@@H](C1)N2CCC1(c2cccc(F)c2)CCN(C(=O)C(N)C(C)(C)C)CC1. The molecule has 41 heavy (non-hydrogen) atoms. The van der Waals surface area contributed by atoms with Crippen LogP contribution in [0.15, 0.2) is 48.5 Å². The van der Waals surface area contributed by atoms with Crippen molar-refractivity contribution in [1.82, 2.24) is 19.4 Å². The quantitative estimate of drug-likeness (QED) is 0.404. The second kappa shape index (κ2) is 10.8. The van der Waals surface area contributed by atoms with Gasteiger partial charge in [-0.1, -0.05) is 45.0 Å². The molecule has 2 bridgehead atoms. The van der Waals surface area contributed by atoms with E-state index in [9.17, 15) is 9.18 Å². The van der Waals surface area contributed by atoms with Crippen LogP contribution < -0.4 is 5.73 Å². The highest BCUT2D eigenvalue weighted by molar-refractivity contribution is 5.82. The Balaban J connectivity index is 1.18. The molecule has 1 amide bonds. The van der Waals surface area contributed by atoms with Crippen molar-refractivity contribution >= 4 is 16.9 Å². The first kappa shape index (κ1) is 28.4. The topological polar surface area (TPSA) is 67.4 Å². The summed E-state index contributed by atoms with van der Waals surface area (Å²) in [5.41, 5.74) is 9.35. The van der Waals surface area contributed by atoms with Crippen LogP contribution in [0.3, 0.4) is 0 Å². The molecule has 3 saturated heterocycles. The third-order valence-electron chi connectivity index (χ3n) is 10.5. The normalized spacial score (nSPS) is 25.5. The van der Waals surface area contributed by atoms with E-state index in [4.69, 9.17) is 10.7 Å². The summed E-state index contributed by atoms with van der Waals surface area (Å²) in [6.45, 7) is 10.5. The Labute approximate surface area is 244 Å². The molecule has 3 aromatic rings. The predicted octanol–water partition coefficient (Wildman–Crippen LogP) is 5.98. The number of hydrogen-bond donors (Lipinski definition) is 1. The number of hydrogen-bond acceptors (Lipinski definition) is 4. The maximum atomic E-state index is 14.5. The standard InChI is InChI=1S/C34H46FN5O/c1-23-37-29-10-5-6-11-30(29)40(23)28-21-26-12-13-27(22-28)39(26)19-16-34(24-8-7-9-25(35)20-24)14-17-38(18-15-34)32(41)31(36)33(2,3)4/h5-11,20,26-28,31H,12-19,21-22,36H2,1-4H3/t26-,27+,28?,31?.